The molecule has 2 aromatic heterocycles. The molecule has 5 rings (SSSR count). The lowest BCUT2D eigenvalue weighted by molar-refractivity contribution is 0.213. The van der Waals surface area contributed by atoms with Gasteiger partial charge in [-0.15, -0.1) is 10.2 Å². The van der Waals surface area contributed by atoms with Gasteiger partial charge in [0.25, 0.3) is 5.56 Å². The van der Waals surface area contributed by atoms with Crippen molar-refractivity contribution in [3.05, 3.63) is 116 Å². The molecule has 0 radical (unpaired) electrons. The van der Waals surface area contributed by atoms with E-state index in [-0.39, 0.29) is 5.56 Å². The molecule has 5 aromatic rings. The summed E-state index contributed by atoms with van der Waals surface area (Å²) in [5.41, 5.74) is 6.51. The smallest absolute Gasteiger partial charge is 0.296 e. The number of rotatable bonds is 7. The summed E-state index contributed by atoms with van der Waals surface area (Å²) in [6.45, 7) is 5.88. The molecule has 3 aromatic carbocycles. The van der Waals surface area contributed by atoms with E-state index in [1.54, 1.807) is 18.3 Å². The van der Waals surface area contributed by atoms with Crippen molar-refractivity contribution in [3.8, 4) is 22.3 Å². The van der Waals surface area contributed by atoms with Gasteiger partial charge in [-0.05, 0) is 59.9 Å². The Kier molecular flexibility index (Phi) is 9.64. The van der Waals surface area contributed by atoms with E-state index in [9.17, 15) is 4.79 Å². The molecule has 0 spiro atoms. The molecule has 0 amide bonds. The molecular weight excluding hydrogens is 545 g/mol. The molecular formula is C31H29Cl2N5O2. The molecule has 0 atom stereocenters. The average molecular weight is 575 g/mol. The van der Waals surface area contributed by atoms with Crippen LogP contribution in [0.5, 0.6) is 0 Å². The van der Waals surface area contributed by atoms with Crippen molar-refractivity contribution >= 4 is 34.6 Å². The molecule has 0 N–H and O–H groups in total. The van der Waals surface area contributed by atoms with Gasteiger partial charge >= 0.3 is 0 Å². The van der Waals surface area contributed by atoms with Crippen LogP contribution in [0.4, 0.5) is 0 Å². The van der Waals surface area contributed by atoms with Gasteiger partial charge in [0.05, 0.1) is 11.9 Å². The highest BCUT2D eigenvalue weighted by atomic mass is 35.5. The van der Waals surface area contributed by atoms with E-state index < -0.39 is 0 Å². The molecule has 9 heteroatoms. The summed E-state index contributed by atoms with van der Waals surface area (Å²) in [6, 6.07) is 22.8. The van der Waals surface area contributed by atoms with Crippen molar-refractivity contribution in [2.45, 2.75) is 33.6 Å². The van der Waals surface area contributed by atoms with Crippen LogP contribution in [0, 0.1) is 0 Å². The van der Waals surface area contributed by atoms with E-state index in [0.29, 0.717) is 34.2 Å². The Balaban J connectivity index is 0.00000181. The van der Waals surface area contributed by atoms with Crippen LogP contribution in [-0.2, 0) is 17.7 Å². The van der Waals surface area contributed by atoms with Gasteiger partial charge in [-0.1, -0.05) is 90.7 Å². The van der Waals surface area contributed by atoms with Crippen LogP contribution in [0.2, 0.25) is 10.0 Å². The third-order valence-corrected chi connectivity index (χ3v) is 6.74. The van der Waals surface area contributed by atoms with Crippen LogP contribution in [0.25, 0.3) is 27.9 Å². The first-order valence-electron chi connectivity index (χ1n) is 12.9. The maximum absolute atomic E-state index is 13.4. The SMILES string of the molecule is CC.CO/N=C(\C)c1ccc(CCc2nnc3c(-c4ccc(Cl)cc4)c(-c4ccc(Cl)cc4)cnn3c2=O)cc1. The van der Waals surface area contributed by atoms with Crippen LogP contribution in [-0.4, -0.2) is 32.6 Å². The number of hydrogen-bond acceptors (Lipinski definition) is 6. The second kappa shape index (κ2) is 13.3. The van der Waals surface area contributed by atoms with Crippen LogP contribution >= 0.6 is 23.2 Å². The fourth-order valence-corrected chi connectivity index (χ4v) is 4.50. The number of nitrogens with zero attached hydrogens (tertiary/aromatic N) is 5. The van der Waals surface area contributed by atoms with Gasteiger partial charge < -0.3 is 4.84 Å². The third kappa shape index (κ3) is 6.38. The number of oxime groups is 1. The summed E-state index contributed by atoms with van der Waals surface area (Å²) in [4.78, 5) is 18.3. The normalized spacial score (nSPS) is 11.2. The minimum Gasteiger partial charge on any atom is -0.399 e. The van der Waals surface area contributed by atoms with E-state index in [4.69, 9.17) is 28.0 Å². The summed E-state index contributed by atoms with van der Waals surface area (Å²) in [5, 5.41) is 18.5. The quantitative estimate of drug-likeness (QED) is 0.150. The topological polar surface area (TPSA) is 81.7 Å². The maximum Gasteiger partial charge on any atom is 0.296 e. The Morgan fingerprint density at radius 3 is 2.05 bits per heavy atom. The minimum atomic E-state index is -0.299. The summed E-state index contributed by atoms with van der Waals surface area (Å²) < 4.78 is 1.32. The molecule has 0 aliphatic rings. The van der Waals surface area contributed by atoms with Crippen LogP contribution in [0.1, 0.15) is 37.6 Å². The Labute approximate surface area is 243 Å². The van der Waals surface area contributed by atoms with Crippen LogP contribution < -0.4 is 5.56 Å². The molecule has 2 heterocycles. The van der Waals surface area contributed by atoms with E-state index >= 15 is 0 Å². The second-order valence-electron chi connectivity index (χ2n) is 8.69. The van der Waals surface area contributed by atoms with Gasteiger partial charge in [0.15, 0.2) is 5.65 Å². The number of halogens is 2. The number of fused-ring (bicyclic) bond motifs is 1. The number of hydrogen-bond donors (Lipinski definition) is 0. The van der Waals surface area contributed by atoms with Gasteiger partial charge in [0, 0.05) is 27.6 Å². The van der Waals surface area contributed by atoms with Gasteiger partial charge in [0.2, 0.25) is 0 Å². The lowest BCUT2D eigenvalue weighted by Crippen LogP contribution is -2.25. The average Bonchev–Trinajstić information content (AvgIpc) is 2.99. The Morgan fingerprint density at radius 1 is 0.850 bits per heavy atom. The van der Waals surface area contributed by atoms with Crippen LogP contribution in [0.3, 0.4) is 0 Å². The molecule has 7 nitrogen and oxygen atoms in total. The molecule has 0 saturated heterocycles. The highest BCUT2D eigenvalue weighted by molar-refractivity contribution is 6.31. The van der Waals surface area contributed by atoms with E-state index in [1.807, 2.05) is 81.4 Å². The molecule has 0 bridgehead atoms. The zero-order valence-electron chi connectivity index (χ0n) is 22.7. The monoisotopic (exact) mass is 573 g/mol. The Hall–Kier alpha value is -4.07. The van der Waals surface area contributed by atoms with E-state index in [0.717, 1.165) is 39.1 Å². The zero-order chi connectivity index (χ0) is 28.6. The largest absolute Gasteiger partial charge is 0.399 e. The highest BCUT2D eigenvalue weighted by Crippen LogP contribution is 2.34. The highest BCUT2D eigenvalue weighted by Gasteiger charge is 2.18. The minimum absolute atomic E-state index is 0.299. The molecule has 0 aliphatic heterocycles. The van der Waals surface area contributed by atoms with E-state index in [1.165, 1.54) is 11.6 Å². The number of aryl methyl sites for hydroxylation is 2. The van der Waals surface area contributed by atoms with Crippen molar-refractivity contribution in [3.63, 3.8) is 0 Å². The maximum atomic E-state index is 13.4. The molecule has 0 unspecified atom stereocenters. The van der Waals surface area contributed by atoms with Crippen molar-refractivity contribution in [2.24, 2.45) is 5.16 Å². The van der Waals surface area contributed by atoms with Gasteiger partial charge in [-0.25, -0.2) is 0 Å². The van der Waals surface area contributed by atoms with Crippen molar-refractivity contribution in [1.29, 1.82) is 0 Å². The lowest BCUT2D eigenvalue weighted by atomic mass is 9.97. The fourth-order valence-electron chi connectivity index (χ4n) is 4.25. The van der Waals surface area contributed by atoms with Crippen molar-refractivity contribution in [1.82, 2.24) is 19.8 Å². The van der Waals surface area contributed by atoms with Gasteiger partial charge in [-0.2, -0.15) is 9.61 Å². The Bertz CT molecular complexity index is 1680. The predicted molar refractivity (Wildman–Crippen MR) is 162 cm³/mol. The van der Waals surface area contributed by atoms with E-state index in [2.05, 4.69) is 20.5 Å². The Morgan fingerprint density at radius 2 is 1.45 bits per heavy atom. The summed E-state index contributed by atoms with van der Waals surface area (Å²) in [5.74, 6) is 0. The summed E-state index contributed by atoms with van der Waals surface area (Å²) in [7, 11) is 1.52. The molecule has 0 saturated carbocycles. The first-order chi connectivity index (χ1) is 19.4. The summed E-state index contributed by atoms with van der Waals surface area (Å²) in [6.07, 6.45) is 2.73. The lowest BCUT2D eigenvalue weighted by Gasteiger charge is -2.13. The molecule has 40 heavy (non-hydrogen) atoms. The number of benzene rings is 3. The molecule has 0 aliphatic carbocycles. The van der Waals surface area contributed by atoms with Gasteiger partial charge in [0.1, 0.15) is 12.8 Å². The van der Waals surface area contributed by atoms with Gasteiger partial charge in [-0.3, -0.25) is 4.79 Å². The van der Waals surface area contributed by atoms with Crippen LogP contribution in [0.15, 0.2) is 88.9 Å². The molecule has 204 valence electrons. The second-order valence-corrected chi connectivity index (χ2v) is 9.56. The fraction of sp³-hybridized carbons (Fsp3) is 0.194. The van der Waals surface area contributed by atoms with Crippen molar-refractivity contribution in [2.75, 3.05) is 7.11 Å². The summed E-state index contributed by atoms with van der Waals surface area (Å²) >= 11 is 12.2. The third-order valence-electron chi connectivity index (χ3n) is 6.24. The zero-order valence-corrected chi connectivity index (χ0v) is 24.2. The predicted octanol–water partition coefficient (Wildman–Crippen LogP) is 7.31. The van der Waals surface area contributed by atoms with Crippen molar-refractivity contribution < 1.29 is 4.84 Å². The number of aromatic nitrogens is 4. The molecule has 0 fully saturated rings. The first-order valence-corrected chi connectivity index (χ1v) is 13.7. The first kappa shape index (κ1) is 28.9. The standard InChI is InChI=1S/C29H23Cl2N5O2.C2H6/c1-18(35-38-2)20-6-3-19(4-7-20)5-16-26-29(37)36-28(34-33-26)27(22-10-14-24(31)15-11-22)25(17-32-36)21-8-12-23(30)13-9-21;1-2/h3-4,6-15,17H,5,16H2,1-2H3;1-2H3/b35-18+;.